The summed E-state index contributed by atoms with van der Waals surface area (Å²) in [5, 5.41) is 13.9. The van der Waals surface area contributed by atoms with Crippen molar-refractivity contribution in [2.24, 2.45) is 11.5 Å². The van der Waals surface area contributed by atoms with Crippen molar-refractivity contribution in [3.63, 3.8) is 0 Å². The molecule has 6 N–H and O–H groups in total. The van der Waals surface area contributed by atoms with E-state index in [1.807, 2.05) is 0 Å². The van der Waals surface area contributed by atoms with Gasteiger partial charge in [0.15, 0.2) is 10.3 Å². The lowest BCUT2D eigenvalue weighted by Crippen LogP contribution is -3.00. The smallest absolute Gasteiger partial charge is 0.151 e. The van der Waals surface area contributed by atoms with E-state index < -0.39 is 0 Å². The molecule has 7 heteroatoms. The lowest BCUT2D eigenvalue weighted by atomic mass is 11.0. The average molecular weight is 258 g/mol. The van der Waals surface area contributed by atoms with E-state index in [0.717, 1.165) is 11.5 Å². The lowest BCUT2D eigenvalue weighted by molar-refractivity contribution is -0.00000270. The molecule has 0 aromatic heterocycles. The van der Waals surface area contributed by atoms with Crippen LogP contribution in [0.4, 0.5) is 0 Å². The maximum atomic E-state index is 6.83. The van der Waals surface area contributed by atoms with Gasteiger partial charge in [0.1, 0.15) is 0 Å². The summed E-state index contributed by atoms with van der Waals surface area (Å²) >= 11 is 2.52. The summed E-state index contributed by atoms with van der Waals surface area (Å²) in [6.45, 7) is 0. The van der Waals surface area contributed by atoms with Crippen LogP contribution in [0.25, 0.3) is 0 Å². The summed E-state index contributed by atoms with van der Waals surface area (Å²) in [7, 11) is 0. The Morgan fingerprint density at radius 2 is 1.27 bits per heavy atom. The molecule has 0 radical (unpaired) electrons. The Kier molecular flexibility index (Phi) is 10.2. The van der Waals surface area contributed by atoms with Gasteiger partial charge in [-0.1, -0.05) is 23.5 Å². The minimum Gasteiger partial charge on any atom is -1.00 e. The number of nitrogens with two attached hydrogens (primary N) is 2. The van der Waals surface area contributed by atoms with Crippen LogP contribution in [0.2, 0.25) is 0 Å². The molecule has 0 fully saturated rings. The van der Waals surface area contributed by atoms with Crippen LogP contribution >= 0.6 is 23.5 Å². The van der Waals surface area contributed by atoms with E-state index >= 15 is 0 Å². The van der Waals surface area contributed by atoms with Crippen molar-refractivity contribution < 1.29 is 17.0 Å². The second-order valence-electron chi connectivity index (χ2n) is 1.43. The van der Waals surface area contributed by atoms with Crippen LogP contribution in [0.3, 0.4) is 0 Å². The second kappa shape index (κ2) is 8.22. The van der Waals surface area contributed by atoms with Crippen molar-refractivity contribution >= 4 is 33.9 Å². The van der Waals surface area contributed by atoms with Crippen LogP contribution in [-0.2, 0) is 0 Å². The molecule has 0 rings (SSSR count). The van der Waals surface area contributed by atoms with Gasteiger partial charge in [-0.05, 0) is 0 Å². The van der Waals surface area contributed by atoms with Gasteiger partial charge in [0.2, 0.25) is 0 Å². The highest BCUT2D eigenvalue weighted by atomic mass is 79.9. The van der Waals surface area contributed by atoms with Gasteiger partial charge in [-0.15, -0.1) is 0 Å². The van der Waals surface area contributed by atoms with Crippen LogP contribution in [0.1, 0.15) is 0 Å². The number of nitrogens with one attached hydrogen (secondary N) is 2. The van der Waals surface area contributed by atoms with E-state index in [0.29, 0.717) is 0 Å². The Morgan fingerprint density at radius 1 is 1.00 bits per heavy atom. The molecule has 0 unspecified atom stereocenters. The molecule has 0 spiro atoms. The highest BCUT2D eigenvalue weighted by Crippen LogP contribution is 2.04. The van der Waals surface area contributed by atoms with Crippen molar-refractivity contribution in [3.05, 3.63) is 0 Å². The zero-order valence-corrected chi connectivity index (χ0v) is 8.98. The Labute approximate surface area is 84.6 Å². The van der Waals surface area contributed by atoms with Gasteiger partial charge < -0.3 is 28.4 Å². The van der Waals surface area contributed by atoms with Crippen molar-refractivity contribution in [1.29, 1.82) is 10.8 Å². The quantitative estimate of drug-likeness (QED) is 0.250. The van der Waals surface area contributed by atoms with Crippen molar-refractivity contribution in [3.8, 4) is 0 Å². The molecule has 4 nitrogen and oxygen atoms in total. The molecule has 0 aromatic rings. The fourth-order valence-corrected chi connectivity index (χ4v) is 1.41. The predicted molar refractivity (Wildman–Crippen MR) is 48.7 cm³/mol. The number of rotatable bonds is 3. The van der Waals surface area contributed by atoms with Crippen LogP contribution in [0.5, 0.6) is 0 Å². The molecule has 0 amide bonds. The molecule has 0 aliphatic heterocycles. The first kappa shape index (κ1) is 13.7. The highest BCUT2D eigenvalue weighted by Gasteiger charge is 1.92. The number of amidine groups is 2. The Morgan fingerprint density at radius 3 is 1.45 bits per heavy atom. The first-order valence-corrected chi connectivity index (χ1v) is 4.53. The maximum absolute atomic E-state index is 6.83. The van der Waals surface area contributed by atoms with Gasteiger partial charge in [0, 0.05) is 11.5 Å². The monoisotopic (exact) mass is 257 g/mol. The summed E-state index contributed by atoms with van der Waals surface area (Å²) in [4.78, 5) is 0. The molecule has 11 heavy (non-hydrogen) atoms. The van der Waals surface area contributed by atoms with Crippen molar-refractivity contribution in [1.82, 2.24) is 0 Å². The molecule has 0 atom stereocenters. The zero-order valence-electron chi connectivity index (χ0n) is 5.76. The Balaban J connectivity index is 0. The largest absolute Gasteiger partial charge is 1.00 e. The first-order chi connectivity index (χ1) is 4.63. The number of halogens is 1. The van der Waals surface area contributed by atoms with Crippen molar-refractivity contribution in [2.45, 2.75) is 0 Å². The maximum Gasteiger partial charge on any atom is 0.151 e. The molecule has 0 aliphatic rings. The topological polar surface area (TPSA) is 99.7 Å². The normalized spacial score (nSPS) is 8.36. The van der Waals surface area contributed by atoms with E-state index in [-0.39, 0.29) is 27.3 Å². The van der Waals surface area contributed by atoms with E-state index in [4.69, 9.17) is 22.3 Å². The summed E-state index contributed by atoms with van der Waals surface area (Å²) < 4.78 is 0. The number of hydrogen-bond acceptors (Lipinski definition) is 4. The number of hydrogen-bond donors (Lipinski definition) is 4. The van der Waals surface area contributed by atoms with Gasteiger partial charge in [-0.3, -0.25) is 10.8 Å². The standard InChI is InChI=1S/C4H10N4S2.BrH/c5-3(6)9-1-2-10-4(7)8;/h1-2H2,(H3,5,6)(H3,7,8);1H/p-1. The Bertz CT molecular complexity index is 124. The van der Waals surface area contributed by atoms with Gasteiger partial charge in [0.05, 0.1) is 0 Å². The summed E-state index contributed by atoms with van der Waals surface area (Å²) in [6.07, 6.45) is 0. The summed E-state index contributed by atoms with van der Waals surface area (Å²) in [5.74, 6) is 1.47. The minimum absolute atomic E-state index is 0. The summed E-state index contributed by atoms with van der Waals surface area (Å²) in [6, 6.07) is 0. The third-order valence-electron chi connectivity index (χ3n) is 0.598. The lowest BCUT2D eigenvalue weighted by Gasteiger charge is -1.96. The SMILES string of the molecule is N=C(N)SCCSC(=N)N.[Br-]. The van der Waals surface area contributed by atoms with E-state index in [9.17, 15) is 0 Å². The molecule has 0 saturated carbocycles. The molecule has 0 bridgehead atoms. The zero-order chi connectivity index (χ0) is 7.98. The highest BCUT2D eigenvalue weighted by molar-refractivity contribution is 8.16. The molecule has 0 saturated heterocycles. The molecule has 66 valence electrons. The Hall–Kier alpha value is 0.120. The van der Waals surface area contributed by atoms with Gasteiger partial charge in [0.25, 0.3) is 0 Å². The van der Waals surface area contributed by atoms with E-state index in [1.165, 1.54) is 23.5 Å². The second-order valence-corrected chi connectivity index (χ2v) is 3.70. The number of thioether (sulfide) groups is 2. The molecule has 0 aromatic carbocycles. The molecular weight excluding hydrogens is 248 g/mol. The van der Waals surface area contributed by atoms with Gasteiger partial charge >= 0.3 is 0 Å². The third-order valence-corrected chi connectivity index (χ3v) is 2.30. The van der Waals surface area contributed by atoms with E-state index in [1.54, 1.807) is 0 Å². The average Bonchev–Trinajstić information content (AvgIpc) is 1.79. The van der Waals surface area contributed by atoms with Crippen molar-refractivity contribution in [2.75, 3.05) is 11.5 Å². The van der Waals surface area contributed by atoms with E-state index in [2.05, 4.69) is 0 Å². The predicted octanol–water partition coefficient (Wildman–Crippen LogP) is -2.76. The van der Waals surface area contributed by atoms with Crippen LogP contribution < -0.4 is 28.4 Å². The fraction of sp³-hybridized carbons (Fsp3) is 0.500. The minimum atomic E-state index is 0. The fourth-order valence-electron chi connectivity index (χ4n) is 0.303. The molecular formula is C4H10BrN4S2-. The first-order valence-electron chi connectivity index (χ1n) is 2.56. The van der Waals surface area contributed by atoms with Crippen LogP contribution in [0, 0.1) is 10.8 Å². The summed E-state index contributed by atoms with van der Waals surface area (Å²) in [5.41, 5.74) is 10.1. The van der Waals surface area contributed by atoms with Gasteiger partial charge in [-0.2, -0.15) is 0 Å². The molecule has 0 aliphatic carbocycles. The van der Waals surface area contributed by atoms with Crippen LogP contribution in [-0.4, -0.2) is 21.8 Å². The third kappa shape index (κ3) is 13.2. The molecule has 0 heterocycles. The van der Waals surface area contributed by atoms with Gasteiger partial charge in [-0.25, -0.2) is 0 Å². The van der Waals surface area contributed by atoms with Crippen LogP contribution in [0.15, 0.2) is 0 Å².